The largest absolute Gasteiger partial charge is 0.333 e. The molecule has 0 bridgehead atoms. The number of halogens is 2. The van der Waals surface area contributed by atoms with Crippen LogP contribution in [0.2, 0.25) is 5.02 Å². The number of nitrogens with zero attached hydrogens (tertiary/aromatic N) is 3. The first-order chi connectivity index (χ1) is 14.3. The number of hydrogen-bond acceptors (Lipinski definition) is 3. The molecular weight excluding hydrogens is 405 g/mol. The maximum atomic E-state index is 13.8. The van der Waals surface area contributed by atoms with E-state index in [4.69, 9.17) is 16.6 Å². The van der Waals surface area contributed by atoms with Crippen molar-refractivity contribution in [3.63, 3.8) is 0 Å². The molecule has 0 aliphatic heterocycles. The Morgan fingerprint density at radius 3 is 2.50 bits per heavy atom. The lowest BCUT2D eigenvalue weighted by molar-refractivity contribution is -0.137. The first-order valence-corrected chi connectivity index (χ1v) is 10.5. The number of rotatable bonds is 6. The molecule has 0 N–H and O–H groups in total. The molecular formula is C23H25ClFN3O2. The number of fused-ring (bicyclic) bond motifs is 1. The van der Waals surface area contributed by atoms with Gasteiger partial charge < -0.3 is 4.90 Å². The van der Waals surface area contributed by atoms with Crippen molar-refractivity contribution >= 4 is 28.4 Å². The minimum atomic E-state index is -0.569. The van der Waals surface area contributed by atoms with E-state index in [9.17, 15) is 14.0 Å². The molecule has 0 spiro atoms. The van der Waals surface area contributed by atoms with Crippen molar-refractivity contribution in [1.82, 2.24) is 14.5 Å². The highest BCUT2D eigenvalue weighted by atomic mass is 35.5. The summed E-state index contributed by atoms with van der Waals surface area (Å²) in [5.74, 6) is -0.351. The van der Waals surface area contributed by atoms with Gasteiger partial charge in [-0.1, -0.05) is 44.5 Å². The summed E-state index contributed by atoms with van der Waals surface area (Å²) in [7, 11) is 0. The van der Waals surface area contributed by atoms with Gasteiger partial charge in [0, 0.05) is 12.5 Å². The molecule has 158 valence electrons. The fourth-order valence-corrected chi connectivity index (χ4v) is 3.83. The molecule has 1 heterocycles. The molecule has 3 rings (SSSR count). The van der Waals surface area contributed by atoms with Crippen molar-refractivity contribution < 1.29 is 9.18 Å². The summed E-state index contributed by atoms with van der Waals surface area (Å²) >= 11 is 6.01. The Morgan fingerprint density at radius 2 is 1.90 bits per heavy atom. The fourth-order valence-electron chi connectivity index (χ4n) is 3.65. The van der Waals surface area contributed by atoms with Gasteiger partial charge in [0.25, 0.3) is 5.56 Å². The van der Waals surface area contributed by atoms with Crippen LogP contribution in [0, 0.1) is 11.7 Å². The second-order valence-corrected chi connectivity index (χ2v) is 7.84. The highest BCUT2D eigenvalue weighted by Crippen LogP contribution is 2.28. The van der Waals surface area contributed by atoms with Crippen LogP contribution in [0.3, 0.4) is 0 Å². The summed E-state index contributed by atoms with van der Waals surface area (Å²) in [5.41, 5.74) is 0.671. The molecule has 2 aromatic carbocycles. The number of carbonyl (C=O) groups is 1. The first kappa shape index (κ1) is 22.0. The molecule has 1 unspecified atom stereocenters. The highest BCUT2D eigenvalue weighted by Gasteiger charge is 2.29. The number of benzene rings is 2. The van der Waals surface area contributed by atoms with Gasteiger partial charge in [0.2, 0.25) is 5.91 Å². The van der Waals surface area contributed by atoms with E-state index in [0.29, 0.717) is 35.4 Å². The Morgan fingerprint density at radius 1 is 1.20 bits per heavy atom. The van der Waals surface area contributed by atoms with E-state index in [0.717, 1.165) is 0 Å². The second-order valence-electron chi connectivity index (χ2n) is 7.43. The van der Waals surface area contributed by atoms with Crippen LogP contribution < -0.4 is 5.56 Å². The molecule has 0 saturated heterocycles. The first-order valence-electron chi connectivity index (χ1n) is 10.1. The maximum Gasteiger partial charge on any atom is 0.266 e. The summed E-state index contributed by atoms with van der Waals surface area (Å²) < 4.78 is 15.2. The lowest BCUT2D eigenvalue weighted by atomic mass is 10.1. The average molecular weight is 430 g/mol. The third-order valence-corrected chi connectivity index (χ3v) is 5.43. The Kier molecular flexibility index (Phi) is 6.56. The van der Waals surface area contributed by atoms with Gasteiger partial charge >= 0.3 is 0 Å². The lowest BCUT2D eigenvalue weighted by Crippen LogP contribution is -2.40. The van der Waals surface area contributed by atoms with Crippen LogP contribution in [0.4, 0.5) is 4.39 Å². The van der Waals surface area contributed by atoms with Crippen LogP contribution in [-0.4, -0.2) is 26.9 Å². The molecule has 30 heavy (non-hydrogen) atoms. The van der Waals surface area contributed by atoms with Gasteiger partial charge in [-0.15, -0.1) is 0 Å². The topological polar surface area (TPSA) is 55.2 Å². The van der Waals surface area contributed by atoms with E-state index < -0.39 is 11.9 Å². The number of carbonyl (C=O) groups excluding carboxylic acids is 1. The number of hydrogen-bond donors (Lipinski definition) is 0. The summed E-state index contributed by atoms with van der Waals surface area (Å²) in [6.45, 7) is 8.02. The van der Waals surface area contributed by atoms with Crippen molar-refractivity contribution in [2.45, 2.75) is 40.2 Å². The predicted octanol–water partition coefficient (Wildman–Crippen LogP) is 5.13. The van der Waals surface area contributed by atoms with Gasteiger partial charge in [0.05, 0.1) is 27.7 Å². The smallest absolute Gasteiger partial charge is 0.266 e. The number of para-hydroxylation sites is 1. The van der Waals surface area contributed by atoms with Crippen LogP contribution in [0.15, 0.2) is 47.3 Å². The zero-order valence-corrected chi connectivity index (χ0v) is 18.3. The van der Waals surface area contributed by atoms with Gasteiger partial charge in [-0.25, -0.2) is 9.37 Å². The Hall–Kier alpha value is -2.73. The summed E-state index contributed by atoms with van der Waals surface area (Å²) in [6.07, 6.45) is 0.562. The van der Waals surface area contributed by atoms with Crippen molar-refractivity contribution in [3.8, 4) is 5.69 Å². The molecule has 3 aromatic rings. The van der Waals surface area contributed by atoms with Gasteiger partial charge in [0.1, 0.15) is 11.6 Å². The number of aromatic nitrogens is 2. The zero-order valence-electron chi connectivity index (χ0n) is 17.5. The predicted molar refractivity (Wildman–Crippen MR) is 118 cm³/mol. The zero-order chi connectivity index (χ0) is 22.0. The Bertz CT molecular complexity index is 1140. The number of amides is 1. The standard InChI is InChI=1S/C23H25ClFN3O2/c1-5-20(27(6-2)22(29)14(3)4)21-26-19-10-8-7-9-16(19)23(30)28(21)15-11-12-18(25)17(24)13-15/h7-14,20H,5-6H2,1-4H3. The fraction of sp³-hybridized carbons (Fsp3) is 0.348. The van der Waals surface area contributed by atoms with E-state index in [-0.39, 0.29) is 22.4 Å². The monoisotopic (exact) mass is 429 g/mol. The lowest BCUT2D eigenvalue weighted by Gasteiger charge is -2.32. The maximum absolute atomic E-state index is 13.8. The van der Waals surface area contributed by atoms with E-state index in [1.807, 2.05) is 33.8 Å². The van der Waals surface area contributed by atoms with E-state index in [1.54, 1.807) is 23.1 Å². The summed E-state index contributed by atoms with van der Waals surface area (Å²) in [5, 5.41) is 0.354. The van der Waals surface area contributed by atoms with Crippen molar-refractivity contribution in [1.29, 1.82) is 0 Å². The normalized spacial score (nSPS) is 12.4. The molecule has 1 atom stereocenters. The molecule has 0 fully saturated rings. The molecule has 0 aliphatic rings. The van der Waals surface area contributed by atoms with Gasteiger partial charge in [-0.3, -0.25) is 14.2 Å². The van der Waals surface area contributed by atoms with Crippen LogP contribution in [0.5, 0.6) is 0 Å². The molecule has 1 aromatic heterocycles. The van der Waals surface area contributed by atoms with Crippen molar-refractivity contribution in [2.75, 3.05) is 6.54 Å². The Labute approximate surface area is 180 Å². The molecule has 0 aliphatic carbocycles. The molecule has 5 nitrogen and oxygen atoms in total. The molecule has 0 radical (unpaired) electrons. The van der Waals surface area contributed by atoms with E-state index in [2.05, 4.69) is 0 Å². The van der Waals surface area contributed by atoms with Crippen molar-refractivity contribution in [2.24, 2.45) is 5.92 Å². The van der Waals surface area contributed by atoms with Gasteiger partial charge in [-0.2, -0.15) is 0 Å². The quantitative estimate of drug-likeness (QED) is 0.545. The molecule has 1 amide bonds. The van der Waals surface area contributed by atoms with Crippen LogP contribution in [-0.2, 0) is 4.79 Å². The second kappa shape index (κ2) is 8.96. The third kappa shape index (κ3) is 3.97. The van der Waals surface area contributed by atoms with Gasteiger partial charge in [0.15, 0.2) is 0 Å². The van der Waals surface area contributed by atoms with Crippen LogP contribution >= 0.6 is 11.6 Å². The van der Waals surface area contributed by atoms with Crippen LogP contribution in [0.25, 0.3) is 16.6 Å². The van der Waals surface area contributed by atoms with Crippen LogP contribution in [0.1, 0.15) is 46.0 Å². The average Bonchev–Trinajstić information content (AvgIpc) is 2.73. The van der Waals surface area contributed by atoms with E-state index >= 15 is 0 Å². The minimum Gasteiger partial charge on any atom is -0.333 e. The highest BCUT2D eigenvalue weighted by molar-refractivity contribution is 6.30. The summed E-state index contributed by atoms with van der Waals surface area (Å²) in [6, 6.07) is 10.8. The molecule has 0 saturated carbocycles. The molecule has 7 heteroatoms. The SMILES string of the molecule is CCC(c1nc2ccccc2c(=O)n1-c1ccc(F)c(Cl)c1)N(CC)C(=O)C(C)C. The van der Waals surface area contributed by atoms with E-state index in [1.165, 1.54) is 22.8 Å². The van der Waals surface area contributed by atoms with Gasteiger partial charge in [-0.05, 0) is 43.7 Å². The minimum absolute atomic E-state index is 0.0181. The summed E-state index contributed by atoms with van der Waals surface area (Å²) in [4.78, 5) is 32.9. The third-order valence-electron chi connectivity index (χ3n) is 5.14. The Balaban J connectivity index is 2.35. The van der Waals surface area contributed by atoms with Crippen molar-refractivity contribution in [3.05, 3.63) is 69.5 Å².